The van der Waals surface area contributed by atoms with Crippen LogP contribution in [0, 0.1) is 0 Å². The molecule has 116 valence electrons. The summed E-state index contributed by atoms with van der Waals surface area (Å²) in [7, 11) is 1.90. The second kappa shape index (κ2) is 7.10. The van der Waals surface area contributed by atoms with Crippen molar-refractivity contribution in [2.24, 2.45) is 12.0 Å². The van der Waals surface area contributed by atoms with Crippen LogP contribution in [0.4, 0.5) is 0 Å². The zero-order valence-electron chi connectivity index (χ0n) is 13.0. The Bertz CT molecular complexity index is 501. The lowest BCUT2D eigenvalue weighted by Gasteiger charge is -2.36. The fourth-order valence-electron chi connectivity index (χ4n) is 2.38. The van der Waals surface area contributed by atoms with Crippen molar-refractivity contribution >= 4 is 11.9 Å². The molecule has 1 saturated heterocycles. The van der Waals surface area contributed by atoms with E-state index in [1.54, 1.807) is 11.6 Å². The Morgan fingerprint density at radius 1 is 1.33 bits per heavy atom. The molecule has 0 aromatic carbocycles. The van der Waals surface area contributed by atoms with E-state index in [0.717, 1.165) is 44.2 Å². The summed E-state index contributed by atoms with van der Waals surface area (Å²) in [6.07, 6.45) is 3.81. The molecule has 1 aromatic rings. The standard InChI is InChI=1S/C14H24N6O/c1-4-15-14(16-9-13-10-17-18(3)11-13)20-7-5-19(6-8-20)12(2)21/h10-11H,4-9H2,1-3H3,(H,15,16). The molecule has 2 rings (SSSR count). The summed E-state index contributed by atoms with van der Waals surface area (Å²) in [5, 5.41) is 7.47. The van der Waals surface area contributed by atoms with Crippen molar-refractivity contribution in [1.82, 2.24) is 24.9 Å². The predicted molar refractivity (Wildman–Crippen MR) is 81.9 cm³/mol. The van der Waals surface area contributed by atoms with Crippen molar-refractivity contribution in [2.75, 3.05) is 32.7 Å². The molecule has 0 atom stereocenters. The number of nitrogens with zero attached hydrogens (tertiary/aromatic N) is 5. The van der Waals surface area contributed by atoms with Gasteiger partial charge in [0.15, 0.2) is 5.96 Å². The number of hydrogen-bond donors (Lipinski definition) is 1. The first-order valence-electron chi connectivity index (χ1n) is 7.36. The monoisotopic (exact) mass is 292 g/mol. The zero-order valence-corrected chi connectivity index (χ0v) is 13.0. The summed E-state index contributed by atoms with van der Waals surface area (Å²) in [6, 6.07) is 0. The van der Waals surface area contributed by atoms with Crippen LogP contribution < -0.4 is 5.32 Å². The highest BCUT2D eigenvalue weighted by Gasteiger charge is 2.20. The van der Waals surface area contributed by atoms with Gasteiger partial charge in [0.1, 0.15) is 0 Å². The van der Waals surface area contributed by atoms with Crippen molar-refractivity contribution in [1.29, 1.82) is 0 Å². The van der Waals surface area contributed by atoms with Crippen LogP contribution in [-0.4, -0.2) is 64.2 Å². The summed E-state index contributed by atoms with van der Waals surface area (Å²) in [5.41, 5.74) is 1.09. The summed E-state index contributed by atoms with van der Waals surface area (Å²) in [4.78, 5) is 20.1. The summed E-state index contributed by atoms with van der Waals surface area (Å²) in [6.45, 7) is 8.28. The average Bonchev–Trinajstić information content (AvgIpc) is 2.89. The maximum atomic E-state index is 11.4. The number of aryl methyl sites for hydroxylation is 1. The first-order chi connectivity index (χ1) is 10.1. The number of aliphatic imine (C=N–C) groups is 1. The van der Waals surface area contributed by atoms with E-state index in [4.69, 9.17) is 0 Å². The average molecular weight is 292 g/mol. The molecule has 0 unspecified atom stereocenters. The molecule has 21 heavy (non-hydrogen) atoms. The Labute approximate surface area is 125 Å². The Morgan fingerprint density at radius 2 is 2.00 bits per heavy atom. The summed E-state index contributed by atoms with van der Waals surface area (Å²) in [5.74, 6) is 1.05. The minimum Gasteiger partial charge on any atom is -0.357 e. The molecule has 0 radical (unpaired) electrons. The van der Waals surface area contributed by atoms with Crippen molar-refractivity contribution in [3.63, 3.8) is 0 Å². The van der Waals surface area contributed by atoms with Gasteiger partial charge in [0.2, 0.25) is 5.91 Å². The van der Waals surface area contributed by atoms with Crippen LogP contribution in [0.2, 0.25) is 0 Å². The van der Waals surface area contributed by atoms with Gasteiger partial charge in [-0.2, -0.15) is 5.10 Å². The van der Waals surface area contributed by atoms with E-state index in [2.05, 4.69) is 27.2 Å². The fraction of sp³-hybridized carbons (Fsp3) is 0.643. The largest absolute Gasteiger partial charge is 0.357 e. The Balaban J connectivity index is 1.97. The number of carbonyl (C=O) groups excluding carboxylic acids is 1. The van der Waals surface area contributed by atoms with E-state index in [1.807, 2.05) is 24.3 Å². The number of piperazine rings is 1. The third-order valence-electron chi connectivity index (χ3n) is 3.53. The van der Waals surface area contributed by atoms with Crippen LogP contribution in [0.3, 0.4) is 0 Å². The minimum absolute atomic E-state index is 0.145. The van der Waals surface area contributed by atoms with Crippen molar-refractivity contribution in [3.05, 3.63) is 18.0 Å². The molecule has 7 nitrogen and oxygen atoms in total. The highest BCUT2D eigenvalue weighted by Crippen LogP contribution is 2.04. The first-order valence-corrected chi connectivity index (χ1v) is 7.36. The van der Waals surface area contributed by atoms with Crippen molar-refractivity contribution in [3.8, 4) is 0 Å². The third-order valence-corrected chi connectivity index (χ3v) is 3.53. The molecular formula is C14H24N6O. The van der Waals surface area contributed by atoms with Crippen molar-refractivity contribution in [2.45, 2.75) is 20.4 Å². The second-order valence-electron chi connectivity index (χ2n) is 5.19. The van der Waals surface area contributed by atoms with Gasteiger partial charge in [-0.3, -0.25) is 9.48 Å². The van der Waals surface area contributed by atoms with Gasteiger partial charge in [-0.05, 0) is 6.92 Å². The van der Waals surface area contributed by atoms with Gasteiger partial charge in [0.25, 0.3) is 0 Å². The van der Waals surface area contributed by atoms with E-state index >= 15 is 0 Å². The van der Waals surface area contributed by atoms with Crippen LogP contribution >= 0.6 is 0 Å². The molecule has 1 aromatic heterocycles. The number of hydrogen-bond acceptors (Lipinski definition) is 3. The summed E-state index contributed by atoms with van der Waals surface area (Å²) < 4.78 is 1.78. The molecule has 2 heterocycles. The van der Waals surface area contributed by atoms with Gasteiger partial charge in [-0.25, -0.2) is 4.99 Å². The molecule has 0 aliphatic carbocycles. The van der Waals surface area contributed by atoms with E-state index < -0.39 is 0 Å². The highest BCUT2D eigenvalue weighted by molar-refractivity contribution is 5.80. The Hall–Kier alpha value is -2.05. The van der Waals surface area contributed by atoms with Crippen LogP contribution in [0.1, 0.15) is 19.4 Å². The van der Waals surface area contributed by atoms with Gasteiger partial charge in [0, 0.05) is 58.5 Å². The molecule has 7 heteroatoms. The maximum absolute atomic E-state index is 11.4. The second-order valence-corrected chi connectivity index (χ2v) is 5.19. The molecule has 1 amide bonds. The topological polar surface area (TPSA) is 65.8 Å². The minimum atomic E-state index is 0.145. The summed E-state index contributed by atoms with van der Waals surface area (Å²) >= 11 is 0. The van der Waals surface area contributed by atoms with E-state index in [0.29, 0.717) is 6.54 Å². The number of aromatic nitrogens is 2. The van der Waals surface area contributed by atoms with Crippen LogP contribution in [0.15, 0.2) is 17.4 Å². The third kappa shape index (κ3) is 4.21. The highest BCUT2D eigenvalue weighted by atomic mass is 16.2. The molecule has 0 bridgehead atoms. The molecular weight excluding hydrogens is 268 g/mol. The Kier molecular flexibility index (Phi) is 5.19. The zero-order chi connectivity index (χ0) is 15.2. The van der Waals surface area contributed by atoms with E-state index in [9.17, 15) is 4.79 Å². The SMILES string of the molecule is CCNC(=NCc1cnn(C)c1)N1CCN(C(C)=O)CC1. The van der Waals surface area contributed by atoms with Crippen LogP contribution in [0.25, 0.3) is 0 Å². The fourth-order valence-corrected chi connectivity index (χ4v) is 2.38. The van der Waals surface area contributed by atoms with Crippen LogP contribution in [-0.2, 0) is 18.4 Å². The number of nitrogens with one attached hydrogen (secondary N) is 1. The quantitative estimate of drug-likeness (QED) is 0.631. The van der Waals surface area contributed by atoms with Crippen LogP contribution in [0.5, 0.6) is 0 Å². The smallest absolute Gasteiger partial charge is 0.219 e. The maximum Gasteiger partial charge on any atom is 0.219 e. The first kappa shape index (κ1) is 15.3. The van der Waals surface area contributed by atoms with E-state index in [-0.39, 0.29) is 5.91 Å². The normalized spacial score (nSPS) is 16.2. The van der Waals surface area contributed by atoms with Crippen molar-refractivity contribution < 1.29 is 4.79 Å². The Morgan fingerprint density at radius 3 is 2.52 bits per heavy atom. The van der Waals surface area contributed by atoms with Gasteiger partial charge in [-0.15, -0.1) is 0 Å². The van der Waals surface area contributed by atoms with Gasteiger partial charge < -0.3 is 15.1 Å². The van der Waals surface area contributed by atoms with Gasteiger partial charge >= 0.3 is 0 Å². The number of amides is 1. The number of guanidine groups is 1. The molecule has 1 fully saturated rings. The molecule has 0 spiro atoms. The van der Waals surface area contributed by atoms with Gasteiger partial charge in [0.05, 0.1) is 12.7 Å². The lowest BCUT2D eigenvalue weighted by atomic mass is 10.3. The number of carbonyl (C=O) groups is 1. The number of rotatable bonds is 3. The molecule has 1 aliphatic rings. The lowest BCUT2D eigenvalue weighted by molar-refractivity contribution is -0.130. The van der Waals surface area contributed by atoms with E-state index in [1.165, 1.54) is 0 Å². The lowest BCUT2D eigenvalue weighted by Crippen LogP contribution is -2.53. The molecule has 1 N–H and O–H groups in total. The molecule has 1 aliphatic heterocycles. The van der Waals surface area contributed by atoms with Gasteiger partial charge in [-0.1, -0.05) is 0 Å². The predicted octanol–water partition coefficient (Wildman–Crippen LogP) is 0.0497. The molecule has 0 saturated carbocycles.